The number of halogens is 1. The van der Waals surface area contributed by atoms with Crippen molar-refractivity contribution >= 4 is 5.78 Å². The summed E-state index contributed by atoms with van der Waals surface area (Å²) in [4.78, 5) is 11.8. The molecule has 1 N–H and O–H groups in total. The Morgan fingerprint density at radius 2 is 2.18 bits per heavy atom. The van der Waals surface area contributed by atoms with Crippen LogP contribution < -0.4 is 5.32 Å². The van der Waals surface area contributed by atoms with Crippen molar-refractivity contribution in [3.8, 4) is 0 Å². The van der Waals surface area contributed by atoms with Crippen molar-refractivity contribution in [3.63, 3.8) is 0 Å². The summed E-state index contributed by atoms with van der Waals surface area (Å²) >= 11 is 0. The van der Waals surface area contributed by atoms with E-state index in [0.29, 0.717) is 19.4 Å². The van der Waals surface area contributed by atoms with Gasteiger partial charge in [0.15, 0.2) is 0 Å². The van der Waals surface area contributed by atoms with Gasteiger partial charge in [-0.2, -0.15) is 0 Å². The minimum absolute atomic E-state index is 0.0169. The average Bonchev–Trinajstić information content (AvgIpc) is 2.33. The van der Waals surface area contributed by atoms with E-state index < -0.39 is 0 Å². The van der Waals surface area contributed by atoms with Gasteiger partial charge in [0.2, 0.25) is 0 Å². The molecule has 1 atom stereocenters. The SMILES string of the molecule is O=C(Cc1ccc(F)cc1)CC1CNCCO1. The third-order valence-corrected chi connectivity index (χ3v) is 2.77. The second-order valence-corrected chi connectivity index (χ2v) is 4.24. The van der Waals surface area contributed by atoms with Crippen LogP contribution in [0.15, 0.2) is 24.3 Å². The number of carbonyl (C=O) groups is 1. The summed E-state index contributed by atoms with van der Waals surface area (Å²) in [5.41, 5.74) is 0.847. The normalized spacial score (nSPS) is 20.2. The molecule has 1 aromatic rings. The van der Waals surface area contributed by atoms with Gasteiger partial charge in [0.25, 0.3) is 0 Å². The Bertz CT molecular complexity index is 372. The topological polar surface area (TPSA) is 38.3 Å². The Morgan fingerprint density at radius 3 is 2.82 bits per heavy atom. The summed E-state index contributed by atoms with van der Waals surface area (Å²) in [5.74, 6) is -0.147. The van der Waals surface area contributed by atoms with Crippen LogP contribution in [0.25, 0.3) is 0 Å². The number of nitrogens with one attached hydrogen (secondary N) is 1. The van der Waals surface area contributed by atoms with Crippen LogP contribution in [0.5, 0.6) is 0 Å². The molecule has 1 aromatic carbocycles. The second-order valence-electron chi connectivity index (χ2n) is 4.24. The molecule has 1 aliphatic heterocycles. The molecule has 0 aromatic heterocycles. The number of morpholine rings is 1. The minimum Gasteiger partial charge on any atom is -0.375 e. The number of ketones is 1. The smallest absolute Gasteiger partial charge is 0.139 e. The second kappa shape index (κ2) is 5.89. The fraction of sp³-hybridized carbons (Fsp3) is 0.462. The number of hydrogen-bond donors (Lipinski definition) is 1. The highest BCUT2D eigenvalue weighted by molar-refractivity contribution is 5.81. The number of carbonyl (C=O) groups excluding carboxylic acids is 1. The van der Waals surface area contributed by atoms with Crippen molar-refractivity contribution in [2.24, 2.45) is 0 Å². The Kier molecular flexibility index (Phi) is 4.23. The molecule has 0 aliphatic carbocycles. The molecule has 0 spiro atoms. The lowest BCUT2D eigenvalue weighted by Crippen LogP contribution is -2.39. The van der Waals surface area contributed by atoms with Crippen LogP contribution in [-0.2, 0) is 16.0 Å². The zero-order chi connectivity index (χ0) is 12.1. The van der Waals surface area contributed by atoms with Gasteiger partial charge in [0.1, 0.15) is 11.6 Å². The zero-order valence-electron chi connectivity index (χ0n) is 9.62. The van der Waals surface area contributed by atoms with Crippen molar-refractivity contribution in [2.45, 2.75) is 18.9 Å². The Labute approximate surface area is 100.0 Å². The van der Waals surface area contributed by atoms with Gasteiger partial charge < -0.3 is 10.1 Å². The monoisotopic (exact) mass is 237 g/mol. The Hall–Kier alpha value is -1.26. The molecule has 0 bridgehead atoms. The zero-order valence-corrected chi connectivity index (χ0v) is 9.62. The fourth-order valence-electron chi connectivity index (χ4n) is 1.91. The first kappa shape index (κ1) is 12.2. The number of ether oxygens (including phenoxy) is 1. The number of rotatable bonds is 4. The molecule has 1 unspecified atom stereocenters. The van der Waals surface area contributed by atoms with Gasteiger partial charge >= 0.3 is 0 Å². The maximum Gasteiger partial charge on any atom is 0.139 e. The minimum atomic E-state index is -0.277. The van der Waals surface area contributed by atoms with Crippen LogP contribution in [0.1, 0.15) is 12.0 Å². The van der Waals surface area contributed by atoms with E-state index >= 15 is 0 Å². The summed E-state index contributed by atoms with van der Waals surface area (Å²) in [6, 6.07) is 6.04. The van der Waals surface area contributed by atoms with E-state index in [0.717, 1.165) is 18.7 Å². The quantitative estimate of drug-likeness (QED) is 0.858. The molecular formula is C13H16FNO2. The lowest BCUT2D eigenvalue weighted by molar-refractivity contribution is -0.121. The summed E-state index contributed by atoms with van der Waals surface area (Å²) in [6.07, 6.45) is 0.751. The van der Waals surface area contributed by atoms with E-state index in [9.17, 15) is 9.18 Å². The highest BCUT2D eigenvalue weighted by Gasteiger charge is 2.17. The first-order valence-corrected chi connectivity index (χ1v) is 5.82. The van der Waals surface area contributed by atoms with Gasteiger partial charge in [-0.25, -0.2) is 4.39 Å². The predicted molar refractivity (Wildman–Crippen MR) is 62.3 cm³/mol. The standard InChI is InChI=1S/C13H16FNO2/c14-11-3-1-10(2-4-11)7-12(16)8-13-9-15-5-6-17-13/h1-4,13,15H,5-9H2. The summed E-state index contributed by atoms with van der Waals surface area (Å²) in [7, 11) is 0. The number of hydrogen-bond acceptors (Lipinski definition) is 3. The lowest BCUT2D eigenvalue weighted by Gasteiger charge is -2.22. The van der Waals surface area contributed by atoms with Gasteiger partial charge in [0, 0.05) is 25.9 Å². The van der Waals surface area contributed by atoms with Gasteiger partial charge in [-0.1, -0.05) is 12.1 Å². The van der Waals surface area contributed by atoms with Crippen LogP contribution >= 0.6 is 0 Å². The molecule has 4 heteroatoms. The van der Waals surface area contributed by atoms with Crippen LogP contribution in [0.4, 0.5) is 4.39 Å². The molecule has 1 aliphatic rings. The largest absolute Gasteiger partial charge is 0.375 e. The third-order valence-electron chi connectivity index (χ3n) is 2.77. The highest BCUT2D eigenvalue weighted by Crippen LogP contribution is 2.08. The van der Waals surface area contributed by atoms with Crippen LogP contribution in [-0.4, -0.2) is 31.6 Å². The summed E-state index contributed by atoms with van der Waals surface area (Å²) in [6.45, 7) is 2.24. The Balaban J connectivity index is 1.82. The van der Waals surface area contributed by atoms with Gasteiger partial charge in [0.05, 0.1) is 12.7 Å². The third kappa shape index (κ3) is 3.91. The van der Waals surface area contributed by atoms with Crippen molar-refractivity contribution in [3.05, 3.63) is 35.6 Å². The lowest BCUT2D eigenvalue weighted by atomic mass is 10.0. The molecular weight excluding hydrogens is 221 g/mol. The van der Waals surface area contributed by atoms with E-state index in [2.05, 4.69) is 5.32 Å². The van der Waals surface area contributed by atoms with Gasteiger partial charge in [-0.15, -0.1) is 0 Å². The molecule has 3 nitrogen and oxygen atoms in total. The first-order valence-electron chi connectivity index (χ1n) is 5.82. The number of Topliss-reactive ketones (excluding diaryl/α,β-unsaturated/α-hetero) is 1. The highest BCUT2D eigenvalue weighted by atomic mass is 19.1. The molecule has 0 amide bonds. The fourth-order valence-corrected chi connectivity index (χ4v) is 1.91. The maximum absolute atomic E-state index is 12.7. The molecule has 0 saturated carbocycles. The number of benzene rings is 1. The molecule has 1 saturated heterocycles. The van der Waals surface area contributed by atoms with E-state index in [-0.39, 0.29) is 17.7 Å². The van der Waals surface area contributed by atoms with Crippen LogP contribution in [0.3, 0.4) is 0 Å². The van der Waals surface area contributed by atoms with E-state index in [1.807, 2.05) is 0 Å². The van der Waals surface area contributed by atoms with Crippen molar-refractivity contribution < 1.29 is 13.9 Å². The summed E-state index contributed by atoms with van der Waals surface area (Å²) < 4.78 is 18.1. The van der Waals surface area contributed by atoms with Crippen LogP contribution in [0.2, 0.25) is 0 Å². The first-order chi connectivity index (χ1) is 8.24. The summed E-state index contributed by atoms with van der Waals surface area (Å²) in [5, 5.41) is 3.18. The van der Waals surface area contributed by atoms with E-state index in [1.54, 1.807) is 12.1 Å². The van der Waals surface area contributed by atoms with E-state index in [1.165, 1.54) is 12.1 Å². The van der Waals surface area contributed by atoms with Crippen molar-refractivity contribution in [2.75, 3.05) is 19.7 Å². The molecule has 92 valence electrons. The Morgan fingerprint density at radius 1 is 1.41 bits per heavy atom. The van der Waals surface area contributed by atoms with Crippen molar-refractivity contribution in [1.82, 2.24) is 5.32 Å². The van der Waals surface area contributed by atoms with Crippen LogP contribution in [0, 0.1) is 5.82 Å². The van der Waals surface area contributed by atoms with E-state index in [4.69, 9.17) is 4.74 Å². The van der Waals surface area contributed by atoms with Crippen molar-refractivity contribution in [1.29, 1.82) is 0 Å². The molecule has 0 radical (unpaired) electrons. The average molecular weight is 237 g/mol. The maximum atomic E-state index is 12.7. The molecule has 2 rings (SSSR count). The molecule has 1 heterocycles. The molecule has 17 heavy (non-hydrogen) atoms. The van der Waals surface area contributed by atoms with Gasteiger partial charge in [-0.05, 0) is 17.7 Å². The molecule has 1 fully saturated rings. The predicted octanol–water partition coefficient (Wildman–Crippen LogP) is 1.32. The van der Waals surface area contributed by atoms with Gasteiger partial charge in [-0.3, -0.25) is 4.79 Å².